The molecule has 0 spiro atoms. The maximum atomic E-state index is 14.7. The zero-order chi connectivity index (χ0) is 32.3. The predicted octanol–water partition coefficient (Wildman–Crippen LogP) is 4.69. The molecule has 1 N–H and O–H groups in total. The maximum Gasteiger partial charge on any atom is 0.259 e. The number of benzene rings is 2. The zero-order valence-corrected chi connectivity index (χ0v) is 26.2. The van der Waals surface area contributed by atoms with E-state index in [2.05, 4.69) is 5.32 Å². The Morgan fingerprint density at radius 2 is 1.63 bits per heavy atom. The Kier molecular flexibility index (Phi) is 13.1. The molecule has 1 aliphatic heterocycles. The molecule has 3 amide bonds. The Hall–Kier alpha value is -4.51. The van der Waals surface area contributed by atoms with Crippen LogP contribution in [0.5, 0.6) is 0 Å². The quantitative estimate of drug-likeness (QED) is 0.398. The molecule has 1 aliphatic rings. The van der Waals surface area contributed by atoms with Crippen LogP contribution in [-0.4, -0.2) is 73.5 Å². The summed E-state index contributed by atoms with van der Waals surface area (Å²) in [6, 6.07) is 11.8. The van der Waals surface area contributed by atoms with E-state index in [-0.39, 0.29) is 28.3 Å². The number of aromatic nitrogens is 1. The molecule has 3 aromatic rings. The second kappa shape index (κ2) is 16.2. The van der Waals surface area contributed by atoms with Crippen LogP contribution in [0.15, 0.2) is 47.3 Å². The van der Waals surface area contributed by atoms with Crippen LogP contribution in [0.3, 0.4) is 0 Å². The van der Waals surface area contributed by atoms with Gasteiger partial charge in [-0.15, -0.1) is 0 Å². The van der Waals surface area contributed by atoms with Gasteiger partial charge in [-0.25, -0.2) is 4.39 Å². The fourth-order valence-corrected chi connectivity index (χ4v) is 4.35. The van der Waals surface area contributed by atoms with E-state index < -0.39 is 17.3 Å². The van der Waals surface area contributed by atoms with E-state index in [4.69, 9.17) is 4.74 Å². The van der Waals surface area contributed by atoms with Crippen LogP contribution in [0.25, 0.3) is 0 Å². The summed E-state index contributed by atoms with van der Waals surface area (Å²) in [5.41, 5.74) is 2.25. The van der Waals surface area contributed by atoms with Gasteiger partial charge in [-0.3, -0.25) is 28.6 Å². The number of hydrogen-bond acceptors (Lipinski definition) is 6. The number of morpholine rings is 1. The van der Waals surface area contributed by atoms with Gasteiger partial charge in [0.25, 0.3) is 11.5 Å². The number of hydrogen-bond donors (Lipinski definition) is 1. The smallest absolute Gasteiger partial charge is 0.259 e. The third-order valence-electron chi connectivity index (χ3n) is 6.61. The van der Waals surface area contributed by atoms with Crippen LogP contribution in [0.1, 0.15) is 40.9 Å². The molecule has 0 aliphatic carbocycles. The number of halogens is 1. The number of rotatable bonds is 7. The Morgan fingerprint density at radius 3 is 2.14 bits per heavy atom. The highest BCUT2D eigenvalue weighted by Crippen LogP contribution is 2.36. The van der Waals surface area contributed by atoms with E-state index in [1.165, 1.54) is 33.5 Å². The Labute approximate surface area is 252 Å². The van der Waals surface area contributed by atoms with Crippen LogP contribution in [-0.2, 0) is 21.4 Å². The number of pyridine rings is 1. The minimum atomic E-state index is -0.529. The van der Waals surface area contributed by atoms with Crippen molar-refractivity contribution in [2.24, 2.45) is 7.05 Å². The normalized spacial score (nSPS) is 12.2. The third kappa shape index (κ3) is 8.51. The van der Waals surface area contributed by atoms with Crippen molar-refractivity contribution in [3.8, 4) is 0 Å². The first-order valence-corrected chi connectivity index (χ1v) is 14.1. The highest BCUT2D eigenvalue weighted by Gasteiger charge is 2.29. The summed E-state index contributed by atoms with van der Waals surface area (Å²) < 4.78 is 20.9. The van der Waals surface area contributed by atoms with Crippen LogP contribution in [0.4, 0.5) is 27.3 Å². The van der Waals surface area contributed by atoms with Gasteiger partial charge in [0.2, 0.25) is 12.8 Å². The number of nitrogens with one attached hydrogen (secondary N) is 1. The van der Waals surface area contributed by atoms with Crippen LogP contribution in [0.2, 0.25) is 0 Å². The van der Waals surface area contributed by atoms with Gasteiger partial charge in [0.15, 0.2) is 0 Å². The molecule has 232 valence electrons. The topological polar surface area (TPSA) is 104 Å². The molecule has 0 radical (unpaired) electrons. The molecule has 0 saturated carbocycles. The monoisotopic (exact) mass is 595 g/mol. The first-order chi connectivity index (χ1) is 20.5. The summed E-state index contributed by atoms with van der Waals surface area (Å²) in [6.45, 7) is 12.1. The van der Waals surface area contributed by atoms with Crippen molar-refractivity contribution in [3.05, 3.63) is 80.9 Å². The van der Waals surface area contributed by atoms with E-state index in [0.29, 0.717) is 25.3 Å². The van der Waals surface area contributed by atoms with Crippen molar-refractivity contribution in [2.45, 2.75) is 34.6 Å². The first kappa shape index (κ1) is 34.7. The van der Waals surface area contributed by atoms with E-state index in [9.17, 15) is 23.6 Å². The predicted molar refractivity (Wildman–Crippen MR) is 168 cm³/mol. The molecule has 11 heteroatoms. The Morgan fingerprint density at radius 1 is 1.00 bits per heavy atom. The number of amides is 3. The van der Waals surface area contributed by atoms with Gasteiger partial charge in [-0.05, 0) is 56.2 Å². The lowest BCUT2D eigenvalue weighted by Crippen LogP contribution is -2.34. The van der Waals surface area contributed by atoms with E-state index >= 15 is 0 Å². The fourth-order valence-electron chi connectivity index (χ4n) is 4.35. The molecule has 0 unspecified atom stereocenters. The molecular weight excluding hydrogens is 553 g/mol. The van der Waals surface area contributed by atoms with Gasteiger partial charge in [0.05, 0.1) is 24.6 Å². The second-order valence-electron chi connectivity index (χ2n) is 9.94. The SMILES string of the molecule is CC.Cc1cccc(N(C=O)c2c(C(=O)N(C)C)c(Nc3ccc(C)cc3F)n(C)c(=O)c2C)c1.O=CN1CCOCC1. The van der Waals surface area contributed by atoms with Gasteiger partial charge in [0, 0.05) is 45.5 Å². The second-order valence-corrected chi connectivity index (χ2v) is 9.94. The zero-order valence-electron chi connectivity index (χ0n) is 26.2. The summed E-state index contributed by atoms with van der Waals surface area (Å²) in [5.74, 6) is -0.890. The molecule has 2 aromatic carbocycles. The number of nitrogens with zero attached hydrogens (tertiary/aromatic N) is 4. The van der Waals surface area contributed by atoms with Crippen molar-refractivity contribution in [3.63, 3.8) is 0 Å². The summed E-state index contributed by atoms with van der Waals surface area (Å²) in [4.78, 5) is 53.2. The highest BCUT2D eigenvalue weighted by molar-refractivity contribution is 6.08. The van der Waals surface area contributed by atoms with Crippen LogP contribution < -0.4 is 15.8 Å². The van der Waals surface area contributed by atoms with Crippen LogP contribution in [0, 0.1) is 26.6 Å². The third-order valence-corrected chi connectivity index (χ3v) is 6.61. The van der Waals surface area contributed by atoms with E-state index in [0.717, 1.165) is 30.6 Å². The maximum absolute atomic E-state index is 14.7. The van der Waals surface area contributed by atoms with Gasteiger partial charge >= 0.3 is 0 Å². The Balaban J connectivity index is 0.000000550. The van der Waals surface area contributed by atoms with Gasteiger partial charge in [0.1, 0.15) is 17.2 Å². The van der Waals surface area contributed by atoms with Gasteiger partial charge in [-0.2, -0.15) is 0 Å². The van der Waals surface area contributed by atoms with Crippen molar-refractivity contribution >= 4 is 41.6 Å². The largest absolute Gasteiger partial charge is 0.378 e. The van der Waals surface area contributed by atoms with Crippen molar-refractivity contribution in [1.29, 1.82) is 0 Å². The minimum absolute atomic E-state index is 0.0770. The molecule has 1 aromatic heterocycles. The standard InChI is InChI=1S/C25H27FN4O3.C5H9NO2.C2H6/c1-15-8-7-9-18(12-15)30(14-31)22-17(3)24(32)29(6)23(21(22)25(33)28(4)5)27-20-11-10-16(2)13-19(20)26;7-5-6-1-3-8-4-2-6;1-2/h7-14,27H,1-6H3;5H,1-4H2;1-2H3. The minimum Gasteiger partial charge on any atom is -0.378 e. The molecule has 1 saturated heterocycles. The highest BCUT2D eigenvalue weighted by atomic mass is 19.1. The molecule has 2 heterocycles. The lowest BCUT2D eigenvalue weighted by Gasteiger charge is -2.27. The molecule has 0 bridgehead atoms. The number of carbonyl (C=O) groups excluding carboxylic acids is 3. The first-order valence-electron chi connectivity index (χ1n) is 14.1. The molecule has 1 fully saturated rings. The Bertz CT molecular complexity index is 1480. The number of carbonyl (C=O) groups is 3. The van der Waals surface area contributed by atoms with E-state index in [1.54, 1.807) is 57.1 Å². The number of ether oxygens (including phenoxy) is 1. The molecule has 4 rings (SSSR count). The molecule has 43 heavy (non-hydrogen) atoms. The van der Waals surface area contributed by atoms with Gasteiger partial charge < -0.3 is 19.9 Å². The van der Waals surface area contributed by atoms with Crippen LogP contribution >= 0.6 is 0 Å². The summed E-state index contributed by atoms with van der Waals surface area (Å²) >= 11 is 0. The molecular formula is C32H42FN5O5. The van der Waals surface area contributed by atoms with E-state index in [1.807, 2.05) is 26.8 Å². The molecule has 0 atom stereocenters. The van der Waals surface area contributed by atoms with Crippen molar-refractivity contribution in [2.75, 3.05) is 50.6 Å². The number of aryl methyl sites for hydroxylation is 2. The lowest BCUT2D eigenvalue weighted by molar-refractivity contribution is -0.121. The summed E-state index contributed by atoms with van der Waals surface area (Å²) in [7, 11) is 4.64. The van der Waals surface area contributed by atoms with Gasteiger partial charge in [-0.1, -0.05) is 32.0 Å². The fraction of sp³-hybridized carbons (Fsp3) is 0.375. The summed E-state index contributed by atoms with van der Waals surface area (Å²) in [5, 5.41) is 2.92. The number of anilines is 4. The average Bonchev–Trinajstić information content (AvgIpc) is 3.01. The van der Waals surface area contributed by atoms with Crippen molar-refractivity contribution < 1.29 is 23.5 Å². The van der Waals surface area contributed by atoms with Crippen molar-refractivity contribution in [1.82, 2.24) is 14.4 Å². The average molecular weight is 596 g/mol. The summed E-state index contributed by atoms with van der Waals surface area (Å²) in [6.07, 6.45) is 1.43. The lowest BCUT2D eigenvalue weighted by atomic mass is 10.1. The molecule has 10 nitrogen and oxygen atoms in total.